The van der Waals surface area contributed by atoms with E-state index < -0.39 is 5.97 Å². The first-order valence-electron chi connectivity index (χ1n) is 11.9. The monoisotopic (exact) mass is 388 g/mol. The van der Waals surface area contributed by atoms with Crippen LogP contribution in [0.5, 0.6) is 0 Å². The summed E-state index contributed by atoms with van der Waals surface area (Å²) in [5.74, 6) is 2.47. The van der Waals surface area contributed by atoms with Crippen molar-refractivity contribution in [2.75, 3.05) is 0 Å². The highest BCUT2D eigenvalue weighted by atomic mass is 16.4. The number of Topliss-reactive ketones (excluding diaryl/α,β-unsaturated/α-hetero) is 1. The fourth-order valence-corrected chi connectivity index (χ4v) is 8.89. The van der Waals surface area contributed by atoms with E-state index in [9.17, 15) is 14.7 Å². The molecule has 28 heavy (non-hydrogen) atoms. The molecule has 3 nitrogen and oxygen atoms in total. The van der Waals surface area contributed by atoms with Crippen LogP contribution >= 0.6 is 0 Å². The zero-order valence-corrected chi connectivity index (χ0v) is 18.5. The first-order valence-corrected chi connectivity index (χ1v) is 11.9. The van der Waals surface area contributed by atoms with Crippen LogP contribution in [0.3, 0.4) is 0 Å². The van der Waals surface area contributed by atoms with E-state index in [0.717, 1.165) is 38.0 Å². The van der Waals surface area contributed by atoms with Gasteiger partial charge in [0.2, 0.25) is 0 Å². The molecule has 4 fully saturated rings. The van der Waals surface area contributed by atoms with Gasteiger partial charge in [-0.3, -0.25) is 9.59 Å². The van der Waals surface area contributed by atoms with Crippen molar-refractivity contribution in [2.24, 2.45) is 58.2 Å². The zero-order valence-electron chi connectivity index (χ0n) is 18.5. The molecule has 4 aliphatic carbocycles. The third-order valence-electron chi connectivity index (χ3n) is 10.5. The molecule has 0 aromatic heterocycles. The molecule has 4 aliphatic rings. The van der Waals surface area contributed by atoms with Crippen LogP contribution in [0.4, 0.5) is 0 Å². The largest absolute Gasteiger partial charge is 0.481 e. The van der Waals surface area contributed by atoms with Crippen LogP contribution in [0.25, 0.3) is 0 Å². The number of carboxylic acid groups (broad SMARTS) is 1. The topological polar surface area (TPSA) is 54.4 Å². The van der Waals surface area contributed by atoms with Crippen LogP contribution in [0.15, 0.2) is 0 Å². The molecule has 0 heterocycles. The van der Waals surface area contributed by atoms with Crippen molar-refractivity contribution in [3.63, 3.8) is 0 Å². The van der Waals surface area contributed by atoms with Crippen LogP contribution in [0, 0.1) is 58.2 Å². The van der Waals surface area contributed by atoms with Crippen molar-refractivity contribution >= 4 is 11.8 Å². The average molecular weight is 389 g/mol. The third kappa shape index (κ3) is 2.67. The molecule has 3 heteroatoms. The summed E-state index contributed by atoms with van der Waals surface area (Å²) in [6, 6.07) is 0. The molecule has 0 unspecified atom stereocenters. The van der Waals surface area contributed by atoms with Gasteiger partial charge in [0.05, 0.1) is 5.92 Å². The van der Waals surface area contributed by atoms with Gasteiger partial charge in [-0.1, -0.05) is 41.0 Å². The summed E-state index contributed by atoms with van der Waals surface area (Å²) in [6.07, 6.45) is 9.08. The van der Waals surface area contributed by atoms with Crippen molar-refractivity contribution in [2.45, 2.75) is 86.0 Å². The number of fused-ring (bicyclic) bond motifs is 5. The lowest BCUT2D eigenvalue weighted by Crippen LogP contribution is -2.60. The highest BCUT2D eigenvalue weighted by Crippen LogP contribution is 2.68. The first kappa shape index (κ1) is 20.4. The molecule has 0 aromatic rings. The molecule has 0 aromatic carbocycles. The summed E-state index contributed by atoms with van der Waals surface area (Å²) < 4.78 is 0. The quantitative estimate of drug-likeness (QED) is 0.663. The SMILES string of the molecule is CC[C@H]1C(=O)[C@@H]2[C@H](CC[C@]3(C)[C@@H]([C@H](C)C(=O)O)CC[C@@H]23)[C@@]2(C)CC[C@@H](C)C[C@@H]12. The number of hydrogen-bond acceptors (Lipinski definition) is 2. The number of ketones is 1. The number of aliphatic carboxylic acids is 1. The zero-order chi connectivity index (χ0) is 20.4. The lowest BCUT2D eigenvalue weighted by molar-refractivity contribution is -0.171. The number of carbonyl (C=O) groups excluding carboxylic acids is 1. The Kier molecular flexibility index (Phi) is 4.99. The summed E-state index contributed by atoms with van der Waals surface area (Å²) in [6.45, 7) is 11.3. The maximum absolute atomic E-state index is 13.9. The van der Waals surface area contributed by atoms with E-state index in [4.69, 9.17) is 0 Å². The van der Waals surface area contributed by atoms with E-state index in [2.05, 4.69) is 27.7 Å². The molecule has 0 spiro atoms. The highest BCUT2D eigenvalue weighted by molar-refractivity contribution is 5.86. The first-order chi connectivity index (χ1) is 13.1. The minimum Gasteiger partial charge on any atom is -0.481 e. The van der Waals surface area contributed by atoms with Crippen LogP contribution < -0.4 is 0 Å². The van der Waals surface area contributed by atoms with Gasteiger partial charge in [0, 0.05) is 11.8 Å². The summed E-state index contributed by atoms with van der Waals surface area (Å²) in [5, 5.41) is 9.66. The minimum atomic E-state index is -0.663. The summed E-state index contributed by atoms with van der Waals surface area (Å²) in [4.78, 5) is 25.6. The molecule has 0 aliphatic heterocycles. The van der Waals surface area contributed by atoms with E-state index in [1.54, 1.807) is 0 Å². The van der Waals surface area contributed by atoms with Gasteiger partial charge in [0.15, 0.2) is 0 Å². The van der Waals surface area contributed by atoms with E-state index in [0.29, 0.717) is 29.0 Å². The number of carbonyl (C=O) groups is 2. The van der Waals surface area contributed by atoms with E-state index in [1.807, 2.05) is 6.92 Å². The molecular weight excluding hydrogens is 348 g/mol. The van der Waals surface area contributed by atoms with Crippen LogP contribution in [0.2, 0.25) is 0 Å². The van der Waals surface area contributed by atoms with Crippen molar-refractivity contribution in [3.05, 3.63) is 0 Å². The highest BCUT2D eigenvalue weighted by Gasteiger charge is 2.65. The Bertz CT molecular complexity index is 656. The average Bonchev–Trinajstić information content (AvgIpc) is 3.00. The van der Waals surface area contributed by atoms with E-state index in [-0.39, 0.29) is 29.1 Å². The Labute approximate surface area is 171 Å². The standard InChI is InChI=1S/C25H40O3/c1-6-16-20-13-14(2)9-11-25(20,5)19-10-12-24(4)17(15(3)23(27)28)7-8-18(24)21(19)22(16)26/h14-21H,6-13H2,1-5H3,(H,27,28)/t14-,15+,16-,17-,18+,19+,20+,21+,24-,25-/m1/s1. The molecule has 0 saturated heterocycles. The van der Waals surface area contributed by atoms with Crippen LogP contribution in [-0.4, -0.2) is 16.9 Å². The fourth-order valence-electron chi connectivity index (χ4n) is 8.89. The van der Waals surface area contributed by atoms with Gasteiger partial charge >= 0.3 is 5.97 Å². The number of hydrogen-bond donors (Lipinski definition) is 1. The van der Waals surface area contributed by atoms with Crippen molar-refractivity contribution < 1.29 is 14.7 Å². The van der Waals surface area contributed by atoms with Gasteiger partial charge in [0.1, 0.15) is 5.78 Å². The Morgan fingerprint density at radius 1 is 1.07 bits per heavy atom. The predicted octanol–water partition coefficient (Wildman–Crippen LogP) is 5.82. The third-order valence-corrected chi connectivity index (χ3v) is 10.5. The molecule has 4 saturated carbocycles. The molecule has 0 amide bonds. The van der Waals surface area contributed by atoms with Gasteiger partial charge < -0.3 is 5.11 Å². The van der Waals surface area contributed by atoms with Crippen molar-refractivity contribution in [3.8, 4) is 0 Å². The lowest BCUT2D eigenvalue weighted by atomic mass is 9.41. The molecule has 158 valence electrons. The van der Waals surface area contributed by atoms with Gasteiger partial charge in [-0.2, -0.15) is 0 Å². The summed E-state index contributed by atoms with van der Waals surface area (Å²) in [5.41, 5.74) is 0.335. The fraction of sp³-hybridized carbons (Fsp3) is 0.920. The normalized spacial score (nSPS) is 51.8. The molecule has 0 bridgehead atoms. The second kappa shape index (κ2) is 6.84. The van der Waals surface area contributed by atoms with Gasteiger partial charge in [-0.05, 0) is 85.4 Å². The molecular formula is C25H40O3. The van der Waals surface area contributed by atoms with E-state index >= 15 is 0 Å². The maximum Gasteiger partial charge on any atom is 0.306 e. The van der Waals surface area contributed by atoms with Gasteiger partial charge in [0.25, 0.3) is 0 Å². The predicted molar refractivity (Wildman–Crippen MR) is 111 cm³/mol. The molecule has 1 N–H and O–H groups in total. The smallest absolute Gasteiger partial charge is 0.306 e. The lowest BCUT2D eigenvalue weighted by Gasteiger charge is -2.62. The Morgan fingerprint density at radius 2 is 1.71 bits per heavy atom. The molecule has 0 radical (unpaired) electrons. The van der Waals surface area contributed by atoms with Crippen LogP contribution in [-0.2, 0) is 9.59 Å². The number of rotatable bonds is 3. The summed E-state index contributed by atoms with van der Waals surface area (Å²) in [7, 11) is 0. The molecule has 10 atom stereocenters. The maximum atomic E-state index is 13.9. The van der Waals surface area contributed by atoms with Crippen molar-refractivity contribution in [1.29, 1.82) is 0 Å². The Balaban J connectivity index is 1.71. The number of carboxylic acids is 1. The second-order valence-corrected chi connectivity index (χ2v) is 11.5. The van der Waals surface area contributed by atoms with Gasteiger partial charge in [-0.25, -0.2) is 0 Å². The van der Waals surface area contributed by atoms with Crippen LogP contribution in [0.1, 0.15) is 86.0 Å². The Hall–Kier alpha value is -0.860. The van der Waals surface area contributed by atoms with E-state index in [1.165, 1.54) is 19.3 Å². The molecule has 4 rings (SSSR count). The summed E-state index contributed by atoms with van der Waals surface area (Å²) >= 11 is 0. The van der Waals surface area contributed by atoms with Gasteiger partial charge in [-0.15, -0.1) is 0 Å². The van der Waals surface area contributed by atoms with Crippen molar-refractivity contribution in [1.82, 2.24) is 0 Å². The minimum absolute atomic E-state index is 0.0259. The Morgan fingerprint density at radius 3 is 2.36 bits per heavy atom. The second-order valence-electron chi connectivity index (χ2n) is 11.5.